The summed E-state index contributed by atoms with van der Waals surface area (Å²) in [5, 5.41) is 0. The van der Waals surface area contributed by atoms with Crippen molar-refractivity contribution in [1.82, 2.24) is 4.90 Å². The molecule has 1 heteroatoms. The first kappa shape index (κ1) is 17.9. The second-order valence-electron chi connectivity index (χ2n) is 7.45. The van der Waals surface area contributed by atoms with Gasteiger partial charge in [-0.25, -0.2) is 0 Å². The average molecular weight is 334 g/mol. The molecule has 1 fully saturated rings. The third-order valence-corrected chi connectivity index (χ3v) is 5.95. The van der Waals surface area contributed by atoms with Gasteiger partial charge in [0, 0.05) is 12.1 Å². The molecule has 2 aromatic carbocycles. The van der Waals surface area contributed by atoms with Crippen LogP contribution in [0.2, 0.25) is 0 Å². The fourth-order valence-corrected chi connectivity index (χ4v) is 4.05. The Morgan fingerprint density at radius 1 is 1.00 bits per heavy atom. The van der Waals surface area contributed by atoms with Gasteiger partial charge in [-0.15, -0.1) is 0 Å². The highest BCUT2D eigenvalue weighted by Crippen LogP contribution is 2.38. The highest BCUT2D eigenvalue weighted by atomic mass is 15.2. The molecule has 132 valence electrons. The summed E-state index contributed by atoms with van der Waals surface area (Å²) in [5.74, 6) is 0.887. The topological polar surface area (TPSA) is 3.24 Å². The number of rotatable bonds is 8. The summed E-state index contributed by atoms with van der Waals surface area (Å²) in [4.78, 5) is 2.63. The first-order chi connectivity index (χ1) is 12.2. The quantitative estimate of drug-likeness (QED) is 0.562. The first-order valence-corrected chi connectivity index (χ1v) is 9.73. The van der Waals surface area contributed by atoms with Gasteiger partial charge in [-0.1, -0.05) is 86.2 Å². The van der Waals surface area contributed by atoms with Crippen LogP contribution in [0.25, 0.3) is 6.08 Å². The van der Waals surface area contributed by atoms with Crippen molar-refractivity contribution in [3.63, 3.8) is 0 Å². The van der Waals surface area contributed by atoms with Gasteiger partial charge in [-0.3, -0.25) is 4.90 Å². The van der Waals surface area contributed by atoms with Crippen LogP contribution in [0, 0.1) is 5.92 Å². The molecule has 0 radical (unpaired) electrons. The summed E-state index contributed by atoms with van der Waals surface area (Å²) in [5.41, 5.74) is 2.81. The number of hydrogen-bond acceptors (Lipinski definition) is 1. The molecule has 0 bridgehead atoms. The molecule has 0 N–H and O–H groups in total. The fraction of sp³-hybridized carbons (Fsp3) is 0.417. The van der Waals surface area contributed by atoms with E-state index >= 15 is 0 Å². The van der Waals surface area contributed by atoms with Gasteiger partial charge in [0.25, 0.3) is 0 Å². The van der Waals surface area contributed by atoms with E-state index in [0.29, 0.717) is 0 Å². The van der Waals surface area contributed by atoms with E-state index in [1.807, 2.05) is 0 Å². The molecule has 1 aliphatic carbocycles. The summed E-state index contributed by atoms with van der Waals surface area (Å²) in [6.07, 6.45) is 11.0. The highest BCUT2D eigenvalue weighted by Gasteiger charge is 2.35. The van der Waals surface area contributed by atoms with E-state index in [4.69, 9.17) is 0 Å². The Labute approximate surface area is 153 Å². The van der Waals surface area contributed by atoms with Gasteiger partial charge in [-0.05, 0) is 49.8 Å². The van der Waals surface area contributed by atoms with Crippen LogP contribution in [0.5, 0.6) is 0 Å². The molecule has 1 saturated carbocycles. The van der Waals surface area contributed by atoms with Crippen molar-refractivity contribution in [3.05, 3.63) is 77.9 Å². The summed E-state index contributed by atoms with van der Waals surface area (Å²) >= 11 is 0. The van der Waals surface area contributed by atoms with Crippen LogP contribution in [-0.2, 0) is 5.54 Å². The van der Waals surface area contributed by atoms with Gasteiger partial charge in [-0.2, -0.15) is 0 Å². The van der Waals surface area contributed by atoms with Crippen molar-refractivity contribution >= 4 is 6.08 Å². The first-order valence-electron chi connectivity index (χ1n) is 9.73. The zero-order chi connectivity index (χ0) is 17.5. The molecule has 0 heterocycles. The summed E-state index contributed by atoms with van der Waals surface area (Å²) < 4.78 is 0. The molecule has 2 aromatic rings. The minimum Gasteiger partial charge on any atom is -0.296 e. The Kier molecular flexibility index (Phi) is 6.09. The largest absolute Gasteiger partial charge is 0.296 e. The van der Waals surface area contributed by atoms with Gasteiger partial charge in [0.15, 0.2) is 0 Å². The summed E-state index contributed by atoms with van der Waals surface area (Å²) in [7, 11) is 2.32. The Morgan fingerprint density at radius 3 is 2.20 bits per heavy atom. The van der Waals surface area contributed by atoms with Crippen LogP contribution < -0.4 is 0 Å². The lowest BCUT2D eigenvalue weighted by Gasteiger charge is -2.44. The van der Waals surface area contributed by atoms with Crippen molar-refractivity contribution in [1.29, 1.82) is 0 Å². The van der Waals surface area contributed by atoms with Crippen LogP contribution in [0.15, 0.2) is 66.7 Å². The molecule has 0 aliphatic heterocycles. The predicted molar refractivity (Wildman–Crippen MR) is 108 cm³/mol. The van der Waals surface area contributed by atoms with Crippen molar-refractivity contribution in [3.8, 4) is 0 Å². The van der Waals surface area contributed by atoms with Gasteiger partial charge in [0.1, 0.15) is 0 Å². The normalized spacial score (nSPS) is 17.6. The third-order valence-electron chi connectivity index (χ3n) is 5.95. The lowest BCUT2D eigenvalue weighted by molar-refractivity contribution is 0.0748. The summed E-state index contributed by atoms with van der Waals surface area (Å²) in [6.45, 7) is 3.54. The molecule has 0 spiro atoms. The van der Waals surface area contributed by atoms with Crippen molar-refractivity contribution in [2.45, 2.75) is 44.6 Å². The number of benzene rings is 2. The Bertz CT molecular complexity index is 657. The summed E-state index contributed by atoms with van der Waals surface area (Å²) in [6, 6.07) is 21.7. The minimum absolute atomic E-state index is 0.0854. The fourth-order valence-electron chi connectivity index (χ4n) is 4.05. The molecule has 1 nitrogen and oxygen atoms in total. The lowest BCUT2D eigenvalue weighted by atomic mass is 9.79. The molecule has 1 atom stereocenters. The molecular formula is C24H31N. The molecule has 0 saturated heterocycles. The second-order valence-corrected chi connectivity index (χ2v) is 7.45. The smallest absolute Gasteiger partial charge is 0.0489 e. The Hall–Kier alpha value is -1.86. The van der Waals surface area contributed by atoms with Gasteiger partial charge >= 0.3 is 0 Å². The van der Waals surface area contributed by atoms with Crippen molar-refractivity contribution in [2.24, 2.45) is 5.92 Å². The van der Waals surface area contributed by atoms with Gasteiger partial charge in [0.2, 0.25) is 0 Å². The maximum atomic E-state index is 2.63. The molecule has 3 rings (SSSR count). The van der Waals surface area contributed by atoms with Crippen LogP contribution in [0.1, 0.15) is 50.2 Å². The standard InChI is InChI=1S/C24H31N/c1-3-24(23-17-8-5-9-18-23,25(2)20-22-14-10-15-22)19-11-16-21-12-6-4-7-13-21/h4-9,11-13,16-18,22H,3,10,14-15,19-20H2,1-2H3. The monoisotopic (exact) mass is 333 g/mol. The van der Waals surface area contributed by atoms with Crippen LogP contribution in [0.4, 0.5) is 0 Å². The second kappa shape index (κ2) is 8.49. The van der Waals surface area contributed by atoms with E-state index < -0.39 is 0 Å². The predicted octanol–water partition coefficient (Wildman–Crippen LogP) is 6.13. The number of nitrogens with zero attached hydrogens (tertiary/aromatic N) is 1. The molecule has 1 aliphatic rings. The third kappa shape index (κ3) is 4.22. The average Bonchev–Trinajstić information content (AvgIpc) is 2.63. The van der Waals surface area contributed by atoms with E-state index in [-0.39, 0.29) is 5.54 Å². The van der Waals surface area contributed by atoms with Crippen molar-refractivity contribution < 1.29 is 0 Å². The number of hydrogen-bond donors (Lipinski definition) is 0. The highest BCUT2D eigenvalue weighted by molar-refractivity contribution is 5.49. The maximum Gasteiger partial charge on any atom is 0.0489 e. The van der Waals surface area contributed by atoms with E-state index in [0.717, 1.165) is 18.8 Å². The van der Waals surface area contributed by atoms with E-state index in [9.17, 15) is 0 Å². The maximum absolute atomic E-state index is 2.63. The van der Waals surface area contributed by atoms with Gasteiger partial charge < -0.3 is 0 Å². The molecule has 0 amide bonds. The Morgan fingerprint density at radius 2 is 1.64 bits per heavy atom. The zero-order valence-electron chi connectivity index (χ0n) is 15.7. The Balaban J connectivity index is 1.83. The zero-order valence-corrected chi connectivity index (χ0v) is 15.7. The van der Waals surface area contributed by atoms with Crippen LogP contribution in [0.3, 0.4) is 0 Å². The molecule has 25 heavy (non-hydrogen) atoms. The molecular weight excluding hydrogens is 302 g/mol. The van der Waals surface area contributed by atoms with Crippen LogP contribution >= 0.6 is 0 Å². The van der Waals surface area contributed by atoms with Crippen LogP contribution in [-0.4, -0.2) is 18.5 Å². The molecule has 0 aromatic heterocycles. The van der Waals surface area contributed by atoms with E-state index in [1.165, 1.54) is 36.9 Å². The van der Waals surface area contributed by atoms with E-state index in [1.54, 1.807) is 0 Å². The van der Waals surface area contributed by atoms with Gasteiger partial charge in [0.05, 0.1) is 0 Å². The lowest BCUT2D eigenvalue weighted by Crippen LogP contribution is -2.46. The minimum atomic E-state index is 0.0854. The van der Waals surface area contributed by atoms with Crippen molar-refractivity contribution in [2.75, 3.05) is 13.6 Å². The SMILES string of the molecule is CCC(CC=Cc1ccccc1)(c1ccccc1)N(C)CC1CCC1. The van der Waals surface area contributed by atoms with E-state index in [2.05, 4.69) is 91.7 Å². The molecule has 1 unspecified atom stereocenters.